The van der Waals surface area contributed by atoms with Crippen LogP contribution in [-0.4, -0.2) is 37.1 Å². The molecule has 0 saturated heterocycles. The van der Waals surface area contributed by atoms with Crippen molar-refractivity contribution in [1.82, 2.24) is 5.32 Å². The number of aromatic carboxylic acids is 1. The van der Waals surface area contributed by atoms with Gasteiger partial charge in [0.2, 0.25) is 5.91 Å². The highest BCUT2D eigenvalue weighted by Crippen LogP contribution is 2.24. The zero-order valence-electron chi connectivity index (χ0n) is 11.2. The second-order valence-electron chi connectivity index (χ2n) is 4.30. The molecular formula is C13H16F2N2O3. The Bertz CT molecular complexity index is 497. The third kappa shape index (κ3) is 3.91. The second kappa shape index (κ2) is 6.83. The first-order valence-electron chi connectivity index (χ1n) is 6.07. The van der Waals surface area contributed by atoms with Crippen molar-refractivity contribution in [2.75, 3.05) is 25.0 Å². The smallest absolute Gasteiger partial charge is 0.335 e. The van der Waals surface area contributed by atoms with Crippen molar-refractivity contribution < 1.29 is 23.5 Å². The maximum absolute atomic E-state index is 13.7. The Labute approximate surface area is 115 Å². The molecule has 1 amide bonds. The lowest BCUT2D eigenvalue weighted by Crippen LogP contribution is -2.36. The molecule has 5 nitrogen and oxygen atoms in total. The SMILES string of the molecule is CCCNC(=O)CN(C)c1c(F)cc(C(=O)O)cc1F. The fourth-order valence-corrected chi connectivity index (χ4v) is 1.67. The molecule has 1 rings (SSSR count). The van der Waals surface area contributed by atoms with E-state index >= 15 is 0 Å². The molecule has 2 N–H and O–H groups in total. The molecule has 1 aromatic carbocycles. The van der Waals surface area contributed by atoms with E-state index in [1.165, 1.54) is 7.05 Å². The molecule has 0 aromatic heterocycles. The summed E-state index contributed by atoms with van der Waals surface area (Å²) in [6.45, 7) is 2.14. The van der Waals surface area contributed by atoms with Crippen LogP contribution in [0.15, 0.2) is 12.1 Å². The predicted octanol–water partition coefficient (Wildman–Crippen LogP) is 1.63. The van der Waals surface area contributed by atoms with Crippen LogP contribution >= 0.6 is 0 Å². The highest BCUT2D eigenvalue weighted by atomic mass is 19.1. The van der Waals surface area contributed by atoms with Crippen molar-refractivity contribution in [3.63, 3.8) is 0 Å². The Morgan fingerprint density at radius 1 is 1.30 bits per heavy atom. The Morgan fingerprint density at radius 3 is 2.30 bits per heavy atom. The number of carbonyl (C=O) groups excluding carboxylic acids is 1. The molecule has 110 valence electrons. The fourth-order valence-electron chi connectivity index (χ4n) is 1.67. The van der Waals surface area contributed by atoms with Gasteiger partial charge in [0.1, 0.15) is 17.3 Å². The van der Waals surface area contributed by atoms with Gasteiger partial charge in [-0.2, -0.15) is 0 Å². The maximum atomic E-state index is 13.7. The molecule has 0 aliphatic rings. The van der Waals surface area contributed by atoms with E-state index in [9.17, 15) is 18.4 Å². The monoisotopic (exact) mass is 286 g/mol. The van der Waals surface area contributed by atoms with Gasteiger partial charge in [-0.3, -0.25) is 4.79 Å². The highest BCUT2D eigenvalue weighted by Gasteiger charge is 2.19. The second-order valence-corrected chi connectivity index (χ2v) is 4.30. The Hall–Kier alpha value is -2.18. The minimum Gasteiger partial charge on any atom is -0.478 e. The summed E-state index contributed by atoms with van der Waals surface area (Å²) < 4.78 is 27.5. The van der Waals surface area contributed by atoms with Crippen LogP contribution < -0.4 is 10.2 Å². The van der Waals surface area contributed by atoms with Crippen LogP contribution in [-0.2, 0) is 4.79 Å². The van der Waals surface area contributed by atoms with Gasteiger partial charge in [-0.15, -0.1) is 0 Å². The zero-order valence-corrected chi connectivity index (χ0v) is 11.2. The van der Waals surface area contributed by atoms with Crippen molar-refractivity contribution in [2.24, 2.45) is 0 Å². The molecule has 0 fully saturated rings. The molecule has 0 radical (unpaired) electrons. The number of rotatable bonds is 6. The van der Waals surface area contributed by atoms with Gasteiger partial charge in [0.15, 0.2) is 0 Å². The van der Waals surface area contributed by atoms with Gasteiger partial charge in [0, 0.05) is 13.6 Å². The predicted molar refractivity (Wildman–Crippen MR) is 69.9 cm³/mol. The molecule has 1 aromatic rings. The minimum atomic E-state index is -1.42. The van der Waals surface area contributed by atoms with Gasteiger partial charge in [-0.1, -0.05) is 6.92 Å². The van der Waals surface area contributed by atoms with Crippen molar-refractivity contribution >= 4 is 17.6 Å². The summed E-state index contributed by atoms with van der Waals surface area (Å²) in [5.74, 6) is -3.82. The van der Waals surface area contributed by atoms with Crippen molar-refractivity contribution in [3.05, 3.63) is 29.3 Å². The first-order chi connectivity index (χ1) is 9.36. The largest absolute Gasteiger partial charge is 0.478 e. The van der Waals surface area contributed by atoms with Gasteiger partial charge in [0.25, 0.3) is 0 Å². The standard InChI is InChI=1S/C13H16F2N2O3/c1-3-4-16-11(18)7-17(2)12-9(14)5-8(13(19)20)6-10(12)15/h5-6H,3-4,7H2,1-2H3,(H,16,18)(H,19,20). The van der Waals surface area contributed by atoms with E-state index in [2.05, 4.69) is 5.32 Å². The lowest BCUT2D eigenvalue weighted by molar-refractivity contribution is -0.119. The number of hydrogen-bond acceptors (Lipinski definition) is 3. The van der Waals surface area contributed by atoms with Gasteiger partial charge in [-0.25, -0.2) is 13.6 Å². The molecule has 0 heterocycles. The van der Waals surface area contributed by atoms with Crippen LogP contribution in [0.5, 0.6) is 0 Å². The van der Waals surface area contributed by atoms with Gasteiger partial charge < -0.3 is 15.3 Å². The number of anilines is 1. The first kappa shape index (κ1) is 15.9. The van der Waals surface area contributed by atoms with E-state index < -0.39 is 28.9 Å². The maximum Gasteiger partial charge on any atom is 0.335 e. The molecule has 0 aliphatic carbocycles. The fraction of sp³-hybridized carbons (Fsp3) is 0.385. The number of nitrogens with zero attached hydrogens (tertiary/aromatic N) is 1. The number of carboxylic acids is 1. The number of carboxylic acid groups (broad SMARTS) is 1. The molecule has 7 heteroatoms. The van der Waals surface area contributed by atoms with Crippen LogP contribution in [0.1, 0.15) is 23.7 Å². The topological polar surface area (TPSA) is 69.6 Å². The quantitative estimate of drug-likeness (QED) is 0.834. The summed E-state index contributed by atoms with van der Waals surface area (Å²) in [7, 11) is 1.35. The summed E-state index contributed by atoms with van der Waals surface area (Å²) in [6.07, 6.45) is 0.755. The van der Waals surface area contributed by atoms with E-state index in [0.29, 0.717) is 6.54 Å². The number of carbonyl (C=O) groups is 2. The Kier molecular flexibility index (Phi) is 5.42. The van der Waals surface area contributed by atoms with Crippen molar-refractivity contribution in [2.45, 2.75) is 13.3 Å². The molecular weight excluding hydrogens is 270 g/mol. The molecule has 0 spiro atoms. The summed E-state index contributed by atoms with van der Waals surface area (Å²) >= 11 is 0. The normalized spacial score (nSPS) is 10.2. The number of hydrogen-bond donors (Lipinski definition) is 2. The highest BCUT2D eigenvalue weighted by molar-refractivity contribution is 5.88. The van der Waals surface area contributed by atoms with Crippen LogP contribution in [0.4, 0.5) is 14.5 Å². The zero-order chi connectivity index (χ0) is 15.3. The van der Waals surface area contributed by atoms with Crippen LogP contribution in [0.3, 0.4) is 0 Å². The summed E-state index contributed by atoms with van der Waals surface area (Å²) in [6, 6.07) is 1.45. The van der Waals surface area contributed by atoms with Crippen molar-refractivity contribution in [1.29, 1.82) is 0 Å². The van der Waals surface area contributed by atoms with Crippen LogP contribution in [0.25, 0.3) is 0 Å². The van der Waals surface area contributed by atoms with Crippen LogP contribution in [0.2, 0.25) is 0 Å². The molecule has 20 heavy (non-hydrogen) atoms. The lowest BCUT2D eigenvalue weighted by atomic mass is 10.1. The van der Waals surface area contributed by atoms with E-state index in [4.69, 9.17) is 5.11 Å². The minimum absolute atomic E-state index is 0.222. The van der Waals surface area contributed by atoms with Gasteiger partial charge in [0.05, 0.1) is 12.1 Å². The average Bonchev–Trinajstić information content (AvgIpc) is 2.35. The molecule has 0 atom stereocenters. The summed E-state index contributed by atoms with van der Waals surface area (Å²) in [4.78, 5) is 23.3. The van der Waals surface area contributed by atoms with E-state index in [-0.39, 0.29) is 12.5 Å². The Morgan fingerprint density at radius 2 is 1.85 bits per heavy atom. The molecule has 0 saturated carbocycles. The third-order valence-corrected chi connectivity index (χ3v) is 2.60. The number of halogens is 2. The molecule has 0 unspecified atom stereocenters. The number of nitrogens with one attached hydrogen (secondary N) is 1. The number of amides is 1. The van der Waals surface area contributed by atoms with Gasteiger partial charge >= 0.3 is 5.97 Å². The van der Waals surface area contributed by atoms with Gasteiger partial charge in [-0.05, 0) is 18.6 Å². The Balaban J connectivity index is 2.90. The molecule has 0 bridgehead atoms. The third-order valence-electron chi connectivity index (χ3n) is 2.60. The average molecular weight is 286 g/mol. The number of likely N-dealkylation sites (N-methyl/N-ethyl adjacent to an activating group) is 1. The number of benzene rings is 1. The van der Waals surface area contributed by atoms with E-state index in [1.807, 2.05) is 6.92 Å². The summed E-state index contributed by atoms with van der Waals surface area (Å²) in [5, 5.41) is 11.3. The summed E-state index contributed by atoms with van der Waals surface area (Å²) in [5.41, 5.74) is -0.908. The van der Waals surface area contributed by atoms with E-state index in [1.54, 1.807) is 0 Å². The first-order valence-corrected chi connectivity index (χ1v) is 6.07. The molecule has 0 aliphatic heterocycles. The van der Waals surface area contributed by atoms with E-state index in [0.717, 1.165) is 23.5 Å². The lowest BCUT2D eigenvalue weighted by Gasteiger charge is -2.20. The van der Waals surface area contributed by atoms with Crippen molar-refractivity contribution in [3.8, 4) is 0 Å². The van der Waals surface area contributed by atoms with Crippen LogP contribution in [0, 0.1) is 11.6 Å².